The molecule has 0 aliphatic rings. The molecule has 5 aromatic rings. The van der Waals surface area contributed by atoms with Crippen molar-refractivity contribution < 1.29 is 24.0 Å². The molecule has 11 nitrogen and oxygen atoms in total. The Morgan fingerprint density at radius 1 is 1.19 bits per heavy atom. The summed E-state index contributed by atoms with van der Waals surface area (Å²) in [6, 6.07) is 18.0. The second-order valence-corrected chi connectivity index (χ2v) is 8.18. The van der Waals surface area contributed by atoms with Crippen LogP contribution in [0, 0.1) is 10.1 Å². The predicted molar refractivity (Wildman–Crippen MR) is 135 cm³/mol. The van der Waals surface area contributed by atoms with Crippen molar-refractivity contribution in [3.05, 3.63) is 97.8 Å². The molecule has 184 valence electrons. The topological polar surface area (TPSA) is 150 Å². The van der Waals surface area contributed by atoms with E-state index in [0.29, 0.717) is 11.1 Å². The number of nitrogens with zero attached hydrogens (tertiary/aromatic N) is 4. The van der Waals surface area contributed by atoms with Gasteiger partial charge < -0.3 is 14.3 Å². The molecule has 0 spiro atoms. The summed E-state index contributed by atoms with van der Waals surface area (Å²) in [5, 5.41) is 25.9. The summed E-state index contributed by atoms with van der Waals surface area (Å²) >= 11 is 6.06. The molecule has 5 rings (SSSR count). The highest BCUT2D eigenvalue weighted by atomic mass is 35.5. The van der Waals surface area contributed by atoms with Crippen molar-refractivity contribution >= 4 is 51.3 Å². The average Bonchev–Trinajstić information content (AvgIpc) is 3.31. The van der Waals surface area contributed by atoms with Crippen molar-refractivity contribution in [1.82, 2.24) is 9.66 Å². The summed E-state index contributed by atoms with van der Waals surface area (Å²) in [7, 11) is 0. The van der Waals surface area contributed by atoms with Gasteiger partial charge in [-0.3, -0.25) is 14.9 Å². The molecule has 0 bridgehead atoms. The normalized spacial score (nSPS) is 11.4. The summed E-state index contributed by atoms with van der Waals surface area (Å²) in [6.07, 6.45) is 1.11. The van der Waals surface area contributed by atoms with Gasteiger partial charge in [-0.1, -0.05) is 41.9 Å². The number of ether oxygens (including phenoxy) is 1. The highest BCUT2D eigenvalue weighted by molar-refractivity contribution is 6.31. The van der Waals surface area contributed by atoms with Crippen molar-refractivity contribution in [3.63, 3.8) is 0 Å². The van der Waals surface area contributed by atoms with Crippen molar-refractivity contribution in [2.24, 2.45) is 5.10 Å². The molecule has 1 N–H and O–H groups in total. The molecule has 0 saturated carbocycles. The average molecular weight is 519 g/mol. The highest BCUT2D eigenvalue weighted by Gasteiger charge is 2.22. The summed E-state index contributed by atoms with van der Waals surface area (Å²) in [5.74, 6) is -1.36. The van der Waals surface area contributed by atoms with E-state index in [1.54, 1.807) is 42.5 Å². The molecule has 0 aliphatic heterocycles. The van der Waals surface area contributed by atoms with Crippen molar-refractivity contribution in [2.45, 2.75) is 0 Å². The fraction of sp³-hybridized carbons (Fsp3) is 0.0400. The second-order valence-electron chi connectivity index (χ2n) is 7.75. The molecule has 0 radical (unpaired) electrons. The van der Waals surface area contributed by atoms with E-state index in [4.69, 9.17) is 25.9 Å². The number of nitro benzene ring substituents is 1. The Balaban J connectivity index is 1.72. The zero-order valence-corrected chi connectivity index (χ0v) is 19.5. The zero-order chi connectivity index (χ0) is 26.1. The van der Waals surface area contributed by atoms with Crippen LogP contribution in [0.3, 0.4) is 0 Å². The quantitative estimate of drug-likeness (QED) is 0.185. The summed E-state index contributed by atoms with van der Waals surface area (Å²) < 4.78 is 12.1. The first-order valence-corrected chi connectivity index (χ1v) is 11.1. The third-order valence-corrected chi connectivity index (χ3v) is 5.53. The molecule has 2 heterocycles. The van der Waals surface area contributed by atoms with E-state index in [1.807, 2.05) is 12.1 Å². The number of hydrogen-bond donors (Lipinski definition) is 1. The summed E-state index contributed by atoms with van der Waals surface area (Å²) in [4.78, 5) is 39.8. The molecule has 0 amide bonds. The third-order valence-electron chi connectivity index (χ3n) is 5.31. The number of aromatic nitrogens is 2. The molecule has 2 aromatic heterocycles. The van der Waals surface area contributed by atoms with Gasteiger partial charge in [0.25, 0.3) is 5.56 Å². The SMILES string of the molecule is O=C(O)COc1c(C=Nn2c(-c3cc4ccccc4o3)nc3ccccc3c2=O)cc(Cl)cc1[N+](=O)[O-]. The van der Waals surface area contributed by atoms with Gasteiger partial charge in [0.2, 0.25) is 11.6 Å². The first kappa shape index (κ1) is 23.7. The number of aliphatic carboxylic acids is 1. The molecular formula is C25H15ClN4O7. The number of rotatable bonds is 7. The minimum absolute atomic E-state index is 0.0164. The van der Waals surface area contributed by atoms with Crippen LogP contribution in [0.2, 0.25) is 5.02 Å². The Kier molecular flexibility index (Phi) is 6.12. The first-order valence-electron chi connectivity index (χ1n) is 10.7. The van der Waals surface area contributed by atoms with Crippen LogP contribution in [-0.4, -0.2) is 38.5 Å². The van der Waals surface area contributed by atoms with Crippen LogP contribution < -0.4 is 10.3 Å². The standard InChI is InChI=1S/C25H15ClN4O7/c26-16-9-15(23(36-13-22(31)32)19(11-16)30(34)35)12-27-29-24(21-10-14-5-1-4-8-20(14)37-21)28-18-7-3-2-6-17(18)25(29)33/h1-12H,13H2,(H,31,32). The lowest BCUT2D eigenvalue weighted by Crippen LogP contribution is -2.20. The van der Waals surface area contributed by atoms with Gasteiger partial charge in [-0.05, 0) is 30.3 Å². The molecule has 0 aliphatic carbocycles. The van der Waals surface area contributed by atoms with Crippen LogP contribution >= 0.6 is 11.6 Å². The lowest BCUT2D eigenvalue weighted by Gasteiger charge is -2.10. The van der Waals surface area contributed by atoms with E-state index >= 15 is 0 Å². The van der Waals surface area contributed by atoms with Gasteiger partial charge in [0.05, 0.1) is 22.0 Å². The number of nitro groups is 1. The molecule has 0 fully saturated rings. The van der Waals surface area contributed by atoms with Crippen molar-refractivity contribution in [2.75, 3.05) is 6.61 Å². The van der Waals surface area contributed by atoms with Crippen LogP contribution in [0.4, 0.5) is 5.69 Å². The molecule has 12 heteroatoms. The Labute approximate surface area is 211 Å². The third kappa shape index (κ3) is 4.62. The maximum atomic E-state index is 13.4. The Hall–Kier alpha value is -5.03. The van der Waals surface area contributed by atoms with E-state index in [-0.39, 0.29) is 33.3 Å². The maximum absolute atomic E-state index is 13.4. The van der Waals surface area contributed by atoms with Crippen molar-refractivity contribution in [1.29, 1.82) is 0 Å². The van der Waals surface area contributed by atoms with Gasteiger partial charge in [-0.2, -0.15) is 9.78 Å². The van der Waals surface area contributed by atoms with Crippen LogP contribution in [-0.2, 0) is 4.79 Å². The predicted octanol–water partition coefficient (Wildman–Crippen LogP) is 4.72. The van der Waals surface area contributed by atoms with Crippen LogP contribution in [0.5, 0.6) is 5.75 Å². The second kappa shape index (κ2) is 9.55. The van der Waals surface area contributed by atoms with E-state index in [0.717, 1.165) is 22.3 Å². The number of para-hydroxylation sites is 2. The van der Waals surface area contributed by atoms with Gasteiger partial charge in [0.1, 0.15) is 5.58 Å². The molecule has 0 atom stereocenters. The van der Waals surface area contributed by atoms with E-state index in [2.05, 4.69) is 10.1 Å². The number of carboxylic acid groups (broad SMARTS) is 1. The van der Waals surface area contributed by atoms with Gasteiger partial charge >= 0.3 is 11.7 Å². The minimum Gasteiger partial charge on any atom is -0.479 e. The smallest absolute Gasteiger partial charge is 0.341 e. The highest BCUT2D eigenvalue weighted by Crippen LogP contribution is 2.34. The zero-order valence-electron chi connectivity index (χ0n) is 18.7. The number of carboxylic acids is 1. The van der Waals surface area contributed by atoms with Crippen molar-refractivity contribution in [3.8, 4) is 17.3 Å². The monoisotopic (exact) mass is 518 g/mol. The van der Waals surface area contributed by atoms with Crippen LogP contribution in [0.25, 0.3) is 33.5 Å². The number of benzene rings is 3. The lowest BCUT2D eigenvalue weighted by atomic mass is 10.2. The largest absolute Gasteiger partial charge is 0.479 e. The molecular weight excluding hydrogens is 504 g/mol. The first-order chi connectivity index (χ1) is 17.8. The number of hydrogen-bond acceptors (Lipinski definition) is 8. The van der Waals surface area contributed by atoms with E-state index in [9.17, 15) is 19.7 Å². The summed E-state index contributed by atoms with van der Waals surface area (Å²) in [5.41, 5.74) is -0.113. The van der Waals surface area contributed by atoms with Crippen LogP contribution in [0.15, 0.2) is 81.0 Å². The Morgan fingerprint density at radius 2 is 1.95 bits per heavy atom. The Morgan fingerprint density at radius 3 is 2.70 bits per heavy atom. The number of furan rings is 1. The van der Waals surface area contributed by atoms with E-state index < -0.39 is 28.7 Å². The lowest BCUT2D eigenvalue weighted by molar-refractivity contribution is -0.385. The van der Waals surface area contributed by atoms with Crippen LogP contribution in [0.1, 0.15) is 5.56 Å². The number of fused-ring (bicyclic) bond motifs is 2. The fourth-order valence-electron chi connectivity index (χ4n) is 3.72. The maximum Gasteiger partial charge on any atom is 0.341 e. The van der Waals surface area contributed by atoms with Gasteiger partial charge in [-0.15, -0.1) is 0 Å². The summed E-state index contributed by atoms with van der Waals surface area (Å²) in [6.45, 7) is -0.842. The van der Waals surface area contributed by atoms with Gasteiger partial charge in [0.15, 0.2) is 12.4 Å². The molecule has 37 heavy (non-hydrogen) atoms. The van der Waals surface area contributed by atoms with Gasteiger partial charge in [0, 0.05) is 22.0 Å². The molecule has 3 aromatic carbocycles. The number of halogens is 1. The fourth-order valence-corrected chi connectivity index (χ4v) is 3.95. The van der Waals surface area contributed by atoms with E-state index in [1.165, 1.54) is 6.07 Å². The molecule has 0 saturated heterocycles. The number of carbonyl (C=O) groups is 1. The molecule has 0 unspecified atom stereocenters. The minimum atomic E-state index is -1.34. The Bertz CT molecular complexity index is 1760. The van der Waals surface area contributed by atoms with Gasteiger partial charge in [-0.25, -0.2) is 9.78 Å².